The van der Waals surface area contributed by atoms with Crippen LogP contribution in [-0.4, -0.2) is 23.6 Å². The number of hydrogen-bond donors (Lipinski definition) is 0. The number of thioether (sulfide) groups is 1. The number of nitrogens with zero attached hydrogens (tertiary/aromatic N) is 1. The fourth-order valence-electron chi connectivity index (χ4n) is 4.10. The van der Waals surface area contributed by atoms with Gasteiger partial charge in [-0.25, -0.2) is 0 Å². The van der Waals surface area contributed by atoms with Crippen molar-refractivity contribution in [3.63, 3.8) is 0 Å². The minimum atomic E-state index is -0.193. The average molecular weight is 532 g/mol. The molecule has 8 heteroatoms. The maximum absolute atomic E-state index is 13.4. The first-order valence-corrected chi connectivity index (χ1v) is 13.0. The van der Waals surface area contributed by atoms with E-state index < -0.39 is 0 Å². The molecule has 37 heavy (non-hydrogen) atoms. The molecule has 0 unspecified atom stereocenters. The Morgan fingerprint density at radius 2 is 1.89 bits per heavy atom. The molecule has 2 aliphatic heterocycles. The SMILES string of the molecule is C=CCc1cc(/C=C2\SC(=S)N(c3ccc4c(c3)OCO4)C2=O)cc(OCC)c1OCc1ccccc1. The zero-order valence-corrected chi connectivity index (χ0v) is 21.9. The number of rotatable bonds is 9. The fourth-order valence-corrected chi connectivity index (χ4v) is 5.40. The van der Waals surface area contributed by atoms with Gasteiger partial charge in [-0.15, -0.1) is 6.58 Å². The Bertz CT molecular complexity index is 1390. The van der Waals surface area contributed by atoms with Gasteiger partial charge in [0.2, 0.25) is 6.79 Å². The van der Waals surface area contributed by atoms with Gasteiger partial charge in [0.15, 0.2) is 27.3 Å². The number of ether oxygens (including phenoxy) is 4. The number of hydrogen-bond acceptors (Lipinski definition) is 7. The highest BCUT2D eigenvalue weighted by molar-refractivity contribution is 8.27. The number of anilines is 1. The maximum Gasteiger partial charge on any atom is 0.270 e. The van der Waals surface area contributed by atoms with Crippen molar-refractivity contribution in [2.75, 3.05) is 18.3 Å². The Labute approximate surface area is 225 Å². The lowest BCUT2D eigenvalue weighted by atomic mass is 10.0. The first-order valence-electron chi connectivity index (χ1n) is 11.8. The van der Waals surface area contributed by atoms with Crippen LogP contribution in [0.2, 0.25) is 0 Å². The van der Waals surface area contributed by atoms with Gasteiger partial charge in [-0.05, 0) is 54.8 Å². The van der Waals surface area contributed by atoms with E-state index in [9.17, 15) is 4.79 Å². The molecule has 3 aromatic carbocycles. The van der Waals surface area contributed by atoms with Crippen LogP contribution in [0.4, 0.5) is 5.69 Å². The quantitative estimate of drug-likeness (QED) is 0.177. The largest absolute Gasteiger partial charge is 0.490 e. The van der Waals surface area contributed by atoms with Gasteiger partial charge >= 0.3 is 0 Å². The van der Waals surface area contributed by atoms with E-state index in [1.807, 2.05) is 61.5 Å². The molecule has 5 rings (SSSR count). The third-order valence-corrected chi connectivity index (χ3v) is 7.05. The molecule has 1 fully saturated rings. The Kier molecular flexibility index (Phi) is 7.48. The highest BCUT2D eigenvalue weighted by Crippen LogP contribution is 2.42. The van der Waals surface area contributed by atoms with E-state index in [0.29, 0.717) is 57.5 Å². The molecule has 188 valence electrons. The first kappa shape index (κ1) is 24.9. The Morgan fingerprint density at radius 1 is 1.08 bits per heavy atom. The molecule has 0 saturated carbocycles. The average Bonchev–Trinajstić information content (AvgIpc) is 3.47. The zero-order valence-electron chi connectivity index (χ0n) is 20.3. The molecule has 0 spiro atoms. The topological polar surface area (TPSA) is 57.2 Å². The van der Waals surface area contributed by atoms with Crippen LogP contribution in [0, 0.1) is 0 Å². The van der Waals surface area contributed by atoms with Gasteiger partial charge in [0.1, 0.15) is 6.61 Å². The molecule has 0 bridgehead atoms. The van der Waals surface area contributed by atoms with Crippen LogP contribution in [-0.2, 0) is 17.8 Å². The minimum Gasteiger partial charge on any atom is -0.490 e. The van der Waals surface area contributed by atoms with Crippen LogP contribution >= 0.6 is 24.0 Å². The summed E-state index contributed by atoms with van der Waals surface area (Å²) < 4.78 is 23.5. The van der Waals surface area contributed by atoms with Gasteiger partial charge in [0.05, 0.1) is 17.2 Å². The lowest BCUT2D eigenvalue weighted by Gasteiger charge is -2.17. The van der Waals surface area contributed by atoms with E-state index in [1.165, 1.54) is 16.7 Å². The van der Waals surface area contributed by atoms with Gasteiger partial charge in [-0.2, -0.15) is 0 Å². The van der Waals surface area contributed by atoms with Crippen LogP contribution in [0.1, 0.15) is 23.6 Å². The highest BCUT2D eigenvalue weighted by atomic mass is 32.2. The van der Waals surface area contributed by atoms with E-state index in [-0.39, 0.29) is 12.7 Å². The van der Waals surface area contributed by atoms with Crippen molar-refractivity contribution >= 4 is 46.0 Å². The number of thiocarbonyl (C=S) groups is 1. The molecular weight excluding hydrogens is 506 g/mol. The van der Waals surface area contributed by atoms with Crippen molar-refractivity contribution in [1.29, 1.82) is 0 Å². The number of carbonyl (C=O) groups is 1. The van der Waals surface area contributed by atoms with Crippen molar-refractivity contribution in [2.24, 2.45) is 0 Å². The standard InChI is InChI=1S/C29H25NO5S2/c1-3-8-21-13-20(14-25(32-4-2)27(21)33-17-19-9-6-5-7-10-19)15-26-28(31)30(29(36)37-26)22-11-12-23-24(16-22)35-18-34-23/h3,5-7,9-16H,1,4,8,17-18H2,2H3/b26-15-. The van der Waals surface area contributed by atoms with Crippen molar-refractivity contribution in [3.05, 3.63) is 94.9 Å². The van der Waals surface area contributed by atoms with Crippen molar-refractivity contribution in [3.8, 4) is 23.0 Å². The number of carbonyl (C=O) groups excluding carboxylic acids is 1. The van der Waals surface area contributed by atoms with Crippen LogP contribution in [0.5, 0.6) is 23.0 Å². The molecule has 0 atom stereocenters. The van der Waals surface area contributed by atoms with Gasteiger partial charge in [-0.3, -0.25) is 9.69 Å². The Morgan fingerprint density at radius 3 is 2.68 bits per heavy atom. The van der Waals surface area contributed by atoms with E-state index in [1.54, 1.807) is 18.2 Å². The predicted octanol–water partition coefficient (Wildman–Crippen LogP) is 6.53. The summed E-state index contributed by atoms with van der Waals surface area (Å²) in [7, 11) is 0. The summed E-state index contributed by atoms with van der Waals surface area (Å²) in [5.41, 5.74) is 3.45. The number of benzene rings is 3. The molecular formula is C29H25NO5S2. The number of fused-ring (bicyclic) bond motifs is 1. The lowest BCUT2D eigenvalue weighted by Crippen LogP contribution is -2.27. The van der Waals surface area contributed by atoms with E-state index >= 15 is 0 Å². The molecule has 6 nitrogen and oxygen atoms in total. The zero-order chi connectivity index (χ0) is 25.8. The van der Waals surface area contributed by atoms with Crippen LogP contribution in [0.25, 0.3) is 6.08 Å². The normalized spacial score (nSPS) is 15.4. The van der Waals surface area contributed by atoms with Gasteiger partial charge in [-0.1, -0.05) is 60.4 Å². The smallest absolute Gasteiger partial charge is 0.270 e. The number of allylic oxidation sites excluding steroid dienone is 1. The Hall–Kier alpha value is -3.75. The molecule has 1 amide bonds. The van der Waals surface area contributed by atoms with Crippen molar-refractivity contribution < 1.29 is 23.7 Å². The summed E-state index contributed by atoms with van der Waals surface area (Å²) >= 11 is 6.81. The molecule has 0 aliphatic carbocycles. The monoisotopic (exact) mass is 531 g/mol. The third kappa shape index (κ3) is 5.35. The van der Waals surface area contributed by atoms with E-state index in [2.05, 4.69) is 6.58 Å². The first-order chi connectivity index (χ1) is 18.1. The minimum absolute atomic E-state index is 0.164. The summed E-state index contributed by atoms with van der Waals surface area (Å²) in [6.45, 7) is 6.89. The predicted molar refractivity (Wildman–Crippen MR) is 151 cm³/mol. The lowest BCUT2D eigenvalue weighted by molar-refractivity contribution is -0.113. The summed E-state index contributed by atoms with van der Waals surface area (Å²) in [4.78, 5) is 15.4. The molecule has 1 saturated heterocycles. The maximum atomic E-state index is 13.4. The van der Waals surface area contributed by atoms with Gasteiger partial charge in [0, 0.05) is 11.6 Å². The molecule has 0 radical (unpaired) electrons. The summed E-state index contributed by atoms with van der Waals surface area (Å²) in [5.74, 6) is 2.35. The van der Waals surface area contributed by atoms with Crippen LogP contribution in [0.3, 0.4) is 0 Å². The second kappa shape index (κ2) is 11.1. The summed E-state index contributed by atoms with van der Waals surface area (Å²) in [6.07, 6.45) is 4.25. The van der Waals surface area contributed by atoms with Crippen LogP contribution in [0.15, 0.2) is 78.2 Å². The van der Waals surface area contributed by atoms with Gasteiger partial charge < -0.3 is 18.9 Å². The second-order valence-electron chi connectivity index (χ2n) is 8.26. The summed E-state index contributed by atoms with van der Waals surface area (Å²) in [6, 6.07) is 19.2. The Balaban J connectivity index is 1.45. The number of amides is 1. The molecule has 2 aliphatic rings. The molecule has 0 N–H and O–H groups in total. The second-order valence-corrected chi connectivity index (χ2v) is 9.94. The van der Waals surface area contributed by atoms with E-state index in [0.717, 1.165) is 16.7 Å². The summed E-state index contributed by atoms with van der Waals surface area (Å²) in [5, 5.41) is 0. The molecule has 0 aromatic heterocycles. The van der Waals surface area contributed by atoms with Crippen molar-refractivity contribution in [2.45, 2.75) is 20.0 Å². The van der Waals surface area contributed by atoms with Crippen LogP contribution < -0.4 is 23.8 Å². The third-order valence-electron chi connectivity index (χ3n) is 5.75. The van der Waals surface area contributed by atoms with Crippen molar-refractivity contribution in [1.82, 2.24) is 0 Å². The fraction of sp³-hybridized carbons (Fsp3) is 0.172. The van der Waals surface area contributed by atoms with Gasteiger partial charge in [0.25, 0.3) is 5.91 Å². The van der Waals surface area contributed by atoms with E-state index in [4.69, 9.17) is 31.2 Å². The molecule has 2 heterocycles. The molecule has 3 aromatic rings. The highest BCUT2D eigenvalue weighted by Gasteiger charge is 2.34.